The van der Waals surface area contributed by atoms with E-state index in [9.17, 15) is 10.1 Å². The zero-order chi connectivity index (χ0) is 19.0. The Balaban J connectivity index is 1.77. The third-order valence-corrected chi connectivity index (χ3v) is 4.20. The molecule has 8 nitrogen and oxygen atoms in total. The highest BCUT2D eigenvalue weighted by Gasteiger charge is 2.18. The number of benzene rings is 2. The van der Waals surface area contributed by atoms with Gasteiger partial charge in [-0.1, -0.05) is 23.4 Å². The van der Waals surface area contributed by atoms with Gasteiger partial charge in [-0.05, 0) is 30.7 Å². The molecule has 0 spiro atoms. The van der Waals surface area contributed by atoms with Crippen LogP contribution in [0.2, 0.25) is 0 Å². The predicted octanol–water partition coefficient (Wildman–Crippen LogP) is 4.18. The molecule has 0 amide bonds. The van der Waals surface area contributed by atoms with Crippen LogP contribution in [0, 0.1) is 17.0 Å². The molecule has 0 aliphatic rings. The number of fused-ring (bicyclic) bond motifs is 1. The van der Waals surface area contributed by atoms with Crippen LogP contribution in [0.3, 0.4) is 0 Å². The highest BCUT2D eigenvalue weighted by atomic mass is 16.6. The van der Waals surface area contributed by atoms with E-state index in [1.165, 1.54) is 19.2 Å². The number of para-hydroxylation sites is 1. The summed E-state index contributed by atoms with van der Waals surface area (Å²) in [5.41, 5.74) is 3.07. The number of aromatic nitrogens is 3. The van der Waals surface area contributed by atoms with Gasteiger partial charge in [0.1, 0.15) is 0 Å². The molecule has 27 heavy (non-hydrogen) atoms. The Morgan fingerprint density at radius 3 is 2.59 bits per heavy atom. The van der Waals surface area contributed by atoms with Crippen molar-refractivity contribution < 1.29 is 14.2 Å². The lowest BCUT2D eigenvalue weighted by molar-refractivity contribution is -0.384. The first-order valence-corrected chi connectivity index (χ1v) is 8.10. The SMILES string of the molecule is COc1nc2c(C)cccc2cc1-c1noc(-c2ccc([N+](=O)[O-])cc2)n1. The maximum atomic E-state index is 10.8. The van der Waals surface area contributed by atoms with E-state index in [1.54, 1.807) is 12.1 Å². The lowest BCUT2D eigenvalue weighted by Gasteiger charge is -2.08. The Bertz CT molecular complexity index is 1150. The number of pyridine rings is 1. The van der Waals surface area contributed by atoms with E-state index in [0.29, 0.717) is 22.8 Å². The van der Waals surface area contributed by atoms with Gasteiger partial charge in [0.2, 0.25) is 11.7 Å². The van der Waals surface area contributed by atoms with Gasteiger partial charge in [-0.25, -0.2) is 4.98 Å². The second-order valence-electron chi connectivity index (χ2n) is 5.92. The van der Waals surface area contributed by atoms with Crippen LogP contribution >= 0.6 is 0 Å². The van der Waals surface area contributed by atoms with Crippen LogP contribution in [-0.2, 0) is 0 Å². The maximum Gasteiger partial charge on any atom is 0.269 e. The molecule has 0 fully saturated rings. The first-order valence-electron chi connectivity index (χ1n) is 8.10. The smallest absolute Gasteiger partial charge is 0.269 e. The standard InChI is InChI=1S/C19H14N4O4/c1-11-4-3-5-13-10-15(19(26-2)20-16(11)13)17-21-18(27-22-17)12-6-8-14(9-7-12)23(24)25/h3-10H,1-2H3. The lowest BCUT2D eigenvalue weighted by Crippen LogP contribution is -1.95. The Kier molecular flexibility index (Phi) is 4.00. The summed E-state index contributed by atoms with van der Waals surface area (Å²) in [5.74, 6) is 0.982. The fraction of sp³-hybridized carbons (Fsp3) is 0.105. The minimum absolute atomic E-state index is 0.00532. The Morgan fingerprint density at radius 1 is 1.11 bits per heavy atom. The van der Waals surface area contributed by atoms with Crippen molar-refractivity contribution >= 4 is 16.6 Å². The van der Waals surface area contributed by atoms with Crippen molar-refractivity contribution in [3.8, 4) is 28.7 Å². The van der Waals surface area contributed by atoms with Crippen molar-refractivity contribution in [1.82, 2.24) is 15.1 Å². The van der Waals surface area contributed by atoms with E-state index < -0.39 is 4.92 Å². The van der Waals surface area contributed by atoms with Crippen LogP contribution < -0.4 is 4.74 Å². The average Bonchev–Trinajstić information content (AvgIpc) is 3.17. The highest BCUT2D eigenvalue weighted by Crippen LogP contribution is 2.32. The van der Waals surface area contributed by atoms with Crippen molar-refractivity contribution in [2.75, 3.05) is 7.11 Å². The molecule has 4 rings (SSSR count). The van der Waals surface area contributed by atoms with E-state index >= 15 is 0 Å². The quantitative estimate of drug-likeness (QED) is 0.396. The summed E-state index contributed by atoms with van der Waals surface area (Å²) >= 11 is 0. The number of methoxy groups -OCH3 is 1. The first kappa shape index (κ1) is 16.6. The van der Waals surface area contributed by atoms with Crippen molar-refractivity contribution in [1.29, 1.82) is 0 Å². The van der Waals surface area contributed by atoms with Crippen molar-refractivity contribution in [2.45, 2.75) is 6.92 Å². The fourth-order valence-corrected chi connectivity index (χ4v) is 2.82. The van der Waals surface area contributed by atoms with Gasteiger partial charge < -0.3 is 9.26 Å². The van der Waals surface area contributed by atoms with E-state index in [4.69, 9.17) is 9.26 Å². The number of non-ortho nitro benzene ring substituents is 1. The molecule has 4 aromatic rings. The van der Waals surface area contributed by atoms with E-state index in [0.717, 1.165) is 16.5 Å². The normalized spacial score (nSPS) is 10.9. The summed E-state index contributed by atoms with van der Waals surface area (Å²) < 4.78 is 10.7. The summed E-state index contributed by atoms with van der Waals surface area (Å²) in [6.45, 7) is 1.98. The number of rotatable bonds is 4. The molecule has 0 atom stereocenters. The number of nitro groups is 1. The molecule has 0 N–H and O–H groups in total. The number of hydrogen-bond acceptors (Lipinski definition) is 7. The number of hydrogen-bond donors (Lipinski definition) is 0. The van der Waals surface area contributed by atoms with Crippen LogP contribution in [0.25, 0.3) is 33.7 Å². The van der Waals surface area contributed by atoms with Gasteiger partial charge in [0.15, 0.2) is 0 Å². The van der Waals surface area contributed by atoms with Gasteiger partial charge in [0.25, 0.3) is 11.6 Å². The van der Waals surface area contributed by atoms with Crippen molar-refractivity contribution in [2.24, 2.45) is 0 Å². The number of nitro benzene ring substituents is 1. The molecule has 2 aromatic carbocycles. The van der Waals surface area contributed by atoms with Crippen LogP contribution in [0.5, 0.6) is 5.88 Å². The summed E-state index contributed by atoms with van der Waals surface area (Å²) in [5, 5.41) is 15.7. The van der Waals surface area contributed by atoms with E-state index in [2.05, 4.69) is 15.1 Å². The van der Waals surface area contributed by atoms with Crippen LogP contribution in [0.4, 0.5) is 5.69 Å². The molecule has 2 heterocycles. The zero-order valence-corrected chi connectivity index (χ0v) is 14.5. The highest BCUT2D eigenvalue weighted by molar-refractivity contribution is 5.87. The van der Waals surface area contributed by atoms with Crippen LogP contribution in [0.15, 0.2) is 53.1 Å². The maximum absolute atomic E-state index is 10.8. The molecule has 0 bridgehead atoms. The van der Waals surface area contributed by atoms with Crippen molar-refractivity contribution in [3.05, 3.63) is 64.2 Å². The third-order valence-electron chi connectivity index (χ3n) is 4.20. The Hall–Kier alpha value is -3.81. The summed E-state index contributed by atoms with van der Waals surface area (Å²) in [7, 11) is 1.53. The molecule has 8 heteroatoms. The monoisotopic (exact) mass is 362 g/mol. The number of nitrogens with zero attached hydrogens (tertiary/aromatic N) is 4. The van der Waals surface area contributed by atoms with Gasteiger partial charge in [0, 0.05) is 23.1 Å². The molecule has 0 aliphatic heterocycles. The van der Waals surface area contributed by atoms with Gasteiger partial charge in [-0.15, -0.1) is 0 Å². The summed E-state index contributed by atoms with van der Waals surface area (Å²) in [4.78, 5) is 19.3. The first-order chi connectivity index (χ1) is 13.1. The molecule has 2 aromatic heterocycles. The minimum atomic E-state index is -0.462. The Morgan fingerprint density at radius 2 is 1.89 bits per heavy atom. The predicted molar refractivity (Wildman–Crippen MR) is 98.4 cm³/mol. The van der Waals surface area contributed by atoms with Crippen LogP contribution in [0.1, 0.15) is 5.56 Å². The molecule has 0 aliphatic carbocycles. The van der Waals surface area contributed by atoms with Gasteiger partial charge in [0.05, 0.1) is 23.1 Å². The molecule has 0 saturated carbocycles. The summed E-state index contributed by atoms with van der Waals surface area (Å²) in [6, 6.07) is 13.7. The van der Waals surface area contributed by atoms with Crippen molar-refractivity contribution in [3.63, 3.8) is 0 Å². The molecular weight excluding hydrogens is 348 g/mol. The number of aryl methyl sites for hydroxylation is 1. The average molecular weight is 362 g/mol. The zero-order valence-electron chi connectivity index (χ0n) is 14.5. The van der Waals surface area contributed by atoms with E-state index in [1.807, 2.05) is 31.2 Å². The second kappa shape index (κ2) is 6.49. The fourth-order valence-electron chi connectivity index (χ4n) is 2.82. The molecule has 0 saturated heterocycles. The molecule has 0 radical (unpaired) electrons. The largest absolute Gasteiger partial charge is 0.480 e. The second-order valence-corrected chi connectivity index (χ2v) is 5.92. The van der Waals surface area contributed by atoms with Gasteiger partial charge in [-0.3, -0.25) is 10.1 Å². The Labute approximate surface area is 153 Å². The lowest BCUT2D eigenvalue weighted by atomic mass is 10.1. The van der Waals surface area contributed by atoms with Gasteiger partial charge >= 0.3 is 0 Å². The van der Waals surface area contributed by atoms with Gasteiger partial charge in [-0.2, -0.15) is 4.98 Å². The topological polar surface area (TPSA) is 104 Å². The summed E-state index contributed by atoms with van der Waals surface area (Å²) in [6.07, 6.45) is 0. The molecule has 134 valence electrons. The third kappa shape index (κ3) is 2.97. The molecular formula is C19H14N4O4. The minimum Gasteiger partial charge on any atom is -0.480 e. The molecule has 0 unspecified atom stereocenters. The van der Waals surface area contributed by atoms with E-state index in [-0.39, 0.29) is 11.6 Å². The number of ether oxygens (including phenoxy) is 1. The van der Waals surface area contributed by atoms with Crippen LogP contribution in [-0.4, -0.2) is 27.2 Å².